The third-order valence-corrected chi connectivity index (χ3v) is 1.58. The minimum atomic E-state index is 0.0683. The molecule has 0 aliphatic rings. The summed E-state index contributed by atoms with van der Waals surface area (Å²) in [5.74, 6) is 0.864. The molecule has 0 saturated carbocycles. The molecule has 2 nitrogen and oxygen atoms in total. The van der Waals surface area contributed by atoms with Crippen LogP contribution in [0.25, 0.3) is 6.08 Å². The standard InChI is InChI=1S/C11H14O2/c1-2-13-11-7-3-5-10(9-11)6-4-8-12/h3-7,9,12H,2,8H2,1H3/b6-4+. The highest BCUT2D eigenvalue weighted by Gasteiger charge is 1.91. The lowest BCUT2D eigenvalue weighted by Crippen LogP contribution is -1.90. The molecular weight excluding hydrogens is 164 g/mol. The van der Waals surface area contributed by atoms with Crippen LogP contribution in [0.1, 0.15) is 12.5 Å². The SMILES string of the molecule is CCOc1cccc(/C=C/CO)c1. The summed E-state index contributed by atoms with van der Waals surface area (Å²) in [6.45, 7) is 2.70. The van der Waals surface area contributed by atoms with Crippen LogP contribution >= 0.6 is 0 Å². The lowest BCUT2D eigenvalue weighted by atomic mass is 10.2. The molecule has 0 fully saturated rings. The van der Waals surface area contributed by atoms with E-state index in [9.17, 15) is 0 Å². The first kappa shape index (κ1) is 9.81. The molecule has 0 aromatic heterocycles. The molecule has 0 aliphatic carbocycles. The zero-order chi connectivity index (χ0) is 9.52. The van der Waals surface area contributed by atoms with Crippen molar-refractivity contribution in [3.63, 3.8) is 0 Å². The van der Waals surface area contributed by atoms with Crippen molar-refractivity contribution in [2.75, 3.05) is 13.2 Å². The molecule has 0 atom stereocenters. The fourth-order valence-corrected chi connectivity index (χ4v) is 1.06. The Labute approximate surface area is 78.5 Å². The Balaban J connectivity index is 2.73. The lowest BCUT2D eigenvalue weighted by Gasteiger charge is -2.02. The van der Waals surface area contributed by atoms with Gasteiger partial charge in [0.1, 0.15) is 5.75 Å². The molecule has 0 radical (unpaired) electrons. The van der Waals surface area contributed by atoms with Crippen LogP contribution in [0, 0.1) is 0 Å². The van der Waals surface area contributed by atoms with Crippen molar-refractivity contribution in [1.82, 2.24) is 0 Å². The van der Waals surface area contributed by atoms with Crippen LogP contribution < -0.4 is 4.74 Å². The Morgan fingerprint density at radius 1 is 1.46 bits per heavy atom. The van der Waals surface area contributed by atoms with Crippen molar-refractivity contribution in [2.24, 2.45) is 0 Å². The normalized spacial score (nSPS) is 10.6. The number of rotatable bonds is 4. The monoisotopic (exact) mass is 178 g/mol. The van der Waals surface area contributed by atoms with Gasteiger partial charge < -0.3 is 9.84 Å². The summed E-state index contributed by atoms with van der Waals surface area (Å²) >= 11 is 0. The molecule has 70 valence electrons. The van der Waals surface area contributed by atoms with Crippen molar-refractivity contribution in [1.29, 1.82) is 0 Å². The van der Waals surface area contributed by atoms with Crippen LogP contribution in [0.15, 0.2) is 30.3 Å². The van der Waals surface area contributed by atoms with E-state index < -0.39 is 0 Å². The number of hydrogen-bond acceptors (Lipinski definition) is 2. The number of ether oxygens (including phenoxy) is 1. The van der Waals surface area contributed by atoms with Gasteiger partial charge in [0.2, 0.25) is 0 Å². The number of aliphatic hydroxyl groups is 1. The second-order valence-corrected chi connectivity index (χ2v) is 2.59. The Morgan fingerprint density at radius 3 is 3.00 bits per heavy atom. The van der Waals surface area contributed by atoms with Gasteiger partial charge in [0.15, 0.2) is 0 Å². The molecule has 0 aliphatic heterocycles. The van der Waals surface area contributed by atoms with Gasteiger partial charge in [-0.25, -0.2) is 0 Å². The van der Waals surface area contributed by atoms with Crippen molar-refractivity contribution < 1.29 is 9.84 Å². The third-order valence-electron chi connectivity index (χ3n) is 1.58. The van der Waals surface area contributed by atoms with Gasteiger partial charge in [-0.3, -0.25) is 0 Å². The van der Waals surface area contributed by atoms with Crippen molar-refractivity contribution in [3.8, 4) is 5.75 Å². The van der Waals surface area contributed by atoms with E-state index in [2.05, 4.69) is 0 Å². The zero-order valence-electron chi connectivity index (χ0n) is 7.73. The molecule has 0 amide bonds. The van der Waals surface area contributed by atoms with Crippen LogP contribution in [-0.2, 0) is 0 Å². The summed E-state index contributed by atoms with van der Waals surface area (Å²) in [6, 6.07) is 7.76. The fourth-order valence-electron chi connectivity index (χ4n) is 1.06. The average Bonchev–Trinajstić information content (AvgIpc) is 2.16. The largest absolute Gasteiger partial charge is 0.494 e. The summed E-state index contributed by atoms with van der Waals surface area (Å²) in [5.41, 5.74) is 1.04. The van der Waals surface area contributed by atoms with E-state index in [0.29, 0.717) is 6.61 Å². The van der Waals surface area contributed by atoms with Gasteiger partial charge in [0, 0.05) is 0 Å². The van der Waals surface area contributed by atoms with Gasteiger partial charge in [-0.2, -0.15) is 0 Å². The van der Waals surface area contributed by atoms with E-state index in [1.165, 1.54) is 0 Å². The third kappa shape index (κ3) is 3.30. The van der Waals surface area contributed by atoms with Gasteiger partial charge in [0.25, 0.3) is 0 Å². The summed E-state index contributed by atoms with van der Waals surface area (Å²) in [4.78, 5) is 0. The number of hydrogen-bond donors (Lipinski definition) is 1. The van der Waals surface area contributed by atoms with Crippen molar-refractivity contribution >= 4 is 6.08 Å². The maximum atomic E-state index is 8.58. The van der Waals surface area contributed by atoms with Gasteiger partial charge in [-0.15, -0.1) is 0 Å². The first-order valence-corrected chi connectivity index (χ1v) is 4.37. The van der Waals surface area contributed by atoms with E-state index >= 15 is 0 Å². The first-order chi connectivity index (χ1) is 6.36. The molecule has 0 bridgehead atoms. The quantitative estimate of drug-likeness (QED) is 0.765. The molecule has 0 saturated heterocycles. The smallest absolute Gasteiger partial charge is 0.119 e. The summed E-state index contributed by atoms with van der Waals surface area (Å²) in [6.07, 6.45) is 3.56. The molecule has 1 aromatic rings. The highest BCUT2D eigenvalue weighted by Crippen LogP contribution is 2.13. The highest BCUT2D eigenvalue weighted by molar-refractivity contribution is 5.51. The fraction of sp³-hybridized carbons (Fsp3) is 0.273. The van der Waals surface area contributed by atoms with Gasteiger partial charge in [-0.1, -0.05) is 24.3 Å². The van der Waals surface area contributed by atoms with Crippen molar-refractivity contribution in [2.45, 2.75) is 6.92 Å². The maximum Gasteiger partial charge on any atom is 0.119 e. The van der Waals surface area contributed by atoms with Crippen LogP contribution in [0.5, 0.6) is 5.75 Å². The summed E-state index contributed by atoms with van der Waals surface area (Å²) in [5, 5.41) is 8.58. The van der Waals surface area contributed by atoms with Crippen molar-refractivity contribution in [3.05, 3.63) is 35.9 Å². The Bertz CT molecular complexity index is 279. The molecule has 0 unspecified atom stereocenters. The molecule has 2 heteroatoms. The second kappa shape index (κ2) is 5.38. The number of aliphatic hydroxyl groups excluding tert-OH is 1. The predicted octanol–water partition coefficient (Wildman–Crippen LogP) is 2.09. The molecule has 1 N–H and O–H groups in total. The molecule has 1 aromatic carbocycles. The molecule has 13 heavy (non-hydrogen) atoms. The minimum Gasteiger partial charge on any atom is -0.494 e. The van der Waals surface area contributed by atoms with Crippen LogP contribution in [0.4, 0.5) is 0 Å². The van der Waals surface area contributed by atoms with Gasteiger partial charge >= 0.3 is 0 Å². The van der Waals surface area contributed by atoms with Crippen LogP contribution in [-0.4, -0.2) is 18.3 Å². The first-order valence-electron chi connectivity index (χ1n) is 4.37. The predicted molar refractivity (Wildman–Crippen MR) is 53.7 cm³/mol. The second-order valence-electron chi connectivity index (χ2n) is 2.59. The summed E-state index contributed by atoms with van der Waals surface area (Å²) in [7, 11) is 0. The Kier molecular flexibility index (Phi) is 4.06. The highest BCUT2D eigenvalue weighted by atomic mass is 16.5. The van der Waals surface area contributed by atoms with E-state index in [-0.39, 0.29) is 6.61 Å². The van der Waals surface area contributed by atoms with Gasteiger partial charge in [0.05, 0.1) is 13.2 Å². The van der Waals surface area contributed by atoms with E-state index in [1.54, 1.807) is 6.08 Å². The Morgan fingerprint density at radius 2 is 2.31 bits per heavy atom. The molecule has 1 rings (SSSR count). The number of benzene rings is 1. The topological polar surface area (TPSA) is 29.5 Å². The minimum absolute atomic E-state index is 0.0683. The van der Waals surface area contributed by atoms with E-state index in [0.717, 1.165) is 11.3 Å². The molecule has 0 heterocycles. The average molecular weight is 178 g/mol. The van der Waals surface area contributed by atoms with E-state index in [1.807, 2.05) is 37.3 Å². The van der Waals surface area contributed by atoms with Crippen LogP contribution in [0.2, 0.25) is 0 Å². The summed E-state index contributed by atoms with van der Waals surface area (Å²) < 4.78 is 5.33. The lowest BCUT2D eigenvalue weighted by molar-refractivity contribution is 0.340. The van der Waals surface area contributed by atoms with E-state index in [4.69, 9.17) is 9.84 Å². The Hall–Kier alpha value is -1.28. The van der Waals surface area contributed by atoms with Crippen LogP contribution in [0.3, 0.4) is 0 Å². The van der Waals surface area contributed by atoms with Gasteiger partial charge in [-0.05, 0) is 24.6 Å². The molecule has 0 spiro atoms. The molecular formula is C11H14O2. The maximum absolute atomic E-state index is 8.58. The zero-order valence-corrected chi connectivity index (χ0v) is 7.73.